The zero-order valence-electron chi connectivity index (χ0n) is 16.2. The van der Waals surface area contributed by atoms with Crippen LogP contribution >= 0.6 is 0 Å². The van der Waals surface area contributed by atoms with Crippen molar-refractivity contribution in [1.82, 2.24) is 14.7 Å². The molecule has 148 valence electrons. The van der Waals surface area contributed by atoms with Crippen LogP contribution in [0.3, 0.4) is 0 Å². The van der Waals surface area contributed by atoms with Crippen LogP contribution in [-0.2, 0) is 16.1 Å². The van der Waals surface area contributed by atoms with Gasteiger partial charge in [-0.3, -0.25) is 9.59 Å². The summed E-state index contributed by atoms with van der Waals surface area (Å²) in [5.41, 5.74) is 1.03. The number of piperidine rings is 1. The second-order valence-electron chi connectivity index (χ2n) is 7.77. The van der Waals surface area contributed by atoms with Crippen LogP contribution in [0.25, 0.3) is 0 Å². The van der Waals surface area contributed by atoms with Crippen molar-refractivity contribution >= 4 is 11.8 Å². The lowest BCUT2D eigenvalue weighted by atomic mass is 9.93. The summed E-state index contributed by atoms with van der Waals surface area (Å²) in [6.07, 6.45) is 1.84. The number of hydrogen-bond donors (Lipinski definition) is 1. The number of likely N-dealkylation sites (tertiary alicyclic amines) is 1. The Balaban J connectivity index is 1.56. The van der Waals surface area contributed by atoms with E-state index in [1.54, 1.807) is 9.80 Å². The fourth-order valence-electron chi connectivity index (χ4n) is 4.03. The van der Waals surface area contributed by atoms with Gasteiger partial charge in [0.1, 0.15) is 0 Å². The number of nitrogens with zero attached hydrogens (tertiary/aromatic N) is 3. The summed E-state index contributed by atoms with van der Waals surface area (Å²) in [6, 6.07) is 9.75. The van der Waals surface area contributed by atoms with E-state index in [2.05, 4.69) is 11.8 Å². The van der Waals surface area contributed by atoms with Gasteiger partial charge in [-0.2, -0.15) is 0 Å². The zero-order chi connectivity index (χ0) is 19.2. The molecular formula is C21H31N3O3. The average Bonchev–Trinajstić information content (AvgIpc) is 2.81. The lowest BCUT2D eigenvalue weighted by Crippen LogP contribution is -2.41. The summed E-state index contributed by atoms with van der Waals surface area (Å²) in [5.74, 6) is 0.291. The Hall–Kier alpha value is -1.92. The Bertz CT molecular complexity index is 629. The standard InChI is InChI=1S/C21H31N3O3/c1-2-22-10-8-17(9-11-22)12-20(26)24-15-19(25)14-23(21(27)16-24)13-18-6-4-3-5-7-18/h3-7,17,19,25H,2,8-16H2,1H3. The van der Waals surface area contributed by atoms with Gasteiger partial charge >= 0.3 is 0 Å². The molecule has 27 heavy (non-hydrogen) atoms. The molecule has 2 heterocycles. The molecule has 1 aromatic carbocycles. The van der Waals surface area contributed by atoms with Gasteiger partial charge in [0.25, 0.3) is 0 Å². The van der Waals surface area contributed by atoms with Gasteiger partial charge in [-0.25, -0.2) is 0 Å². The predicted octanol–water partition coefficient (Wildman–Crippen LogP) is 1.34. The lowest BCUT2D eigenvalue weighted by Gasteiger charge is -2.32. The minimum absolute atomic E-state index is 0.00101. The van der Waals surface area contributed by atoms with E-state index in [0.717, 1.165) is 38.0 Å². The topological polar surface area (TPSA) is 64.1 Å². The Kier molecular flexibility index (Phi) is 6.85. The van der Waals surface area contributed by atoms with Gasteiger partial charge in [0.05, 0.1) is 12.6 Å². The van der Waals surface area contributed by atoms with Crippen LogP contribution in [0.4, 0.5) is 0 Å². The van der Waals surface area contributed by atoms with Crippen molar-refractivity contribution < 1.29 is 14.7 Å². The second kappa shape index (κ2) is 9.33. The normalized spacial score (nSPS) is 22.7. The largest absolute Gasteiger partial charge is 0.389 e. The highest BCUT2D eigenvalue weighted by Gasteiger charge is 2.31. The van der Waals surface area contributed by atoms with Gasteiger partial charge in [-0.15, -0.1) is 0 Å². The fraction of sp³-hybridized carbons (Fsp3) is 0.619. The summed E-state index contributed by atoms with van der Waals surface area (Å²) in [5, 5.41) is 10.4. The molecule has 0 saturated carbocycles. The molecule has 0 aliphatic carbocycles. The first-order valence-corrected chi connectivity index (χ1v) is 10.0. The molecule has 0 radical (unpaired) electrons. The second-order valence-corrected chi connectivity index (χ2v) is 7.77. The quantitative estimate of drug-likeness (QED) is 0.846. The molecule has 0 spiro atoms. The van der Waals surface area contributed by atoms with Crippen LogP contribution < -0.4 is 0 Å². The van der Waals surface area contributed by atoms with Crippen molar-refractivity contribution in [3.63, 3.8) is 0 Å². The first kappa shape index (κ1) is 19.8. The predicted molar refractivity (Wildman–Crippen MR) is 104 cm³/mol. The first-order valence-electron chi connectivity index (χ1n) is 10.0. The molecule has 0 bridgehead atoms. The van der Waals surface area contributed by atoms with E-state index < -0.39 is 6.10 Å². The molecule has 2 saturated heterocycles. The van der Waals surface area contributed by atoms with Gasteiger partial charge in [-0.05, 0) is 44.0 Å². The molecule has 0 aromatic heterocycles. The third-order valence-electron chi connectivity index (χ3n) is 5.73. The van der Waals surface area contributed by atoms with E-state index in [-0.39, 0.29) is 31.4 Å². The minimum atomic E-state index is -0.703. The molecule has 6 nitrogen and oxygen atoms in total. The molecule has 1 N–H and O–H groups in total. The van der Waals surface area contributed by atoms with Crippen molar-refractivity contribution in [1.29, 1.82) is 0 Å². The van der Waals surface area contributed by atoms with E-state index in [0.29, 0.717) is 18.9 Å². The zero-order valence-corrected chi connectivity index (χ0v) is 16.2. The van der Waals surface area contributed by atoms with Crippen molar-refractivity contribution in [2.45, 2.75) is 38.8 Å². The molecule has 2 amide bonds. The molecular weight excluding hydrogens is 342 g/mol. The van der Waals surface area contributed by atoms with Crippen LogP contribution in [0.2, 0.25) is 0 Å². The number of benzene rings is 1. The SMILES string of the molecule is CCN1CCC(CC(=O)N2CC(=O)N(Cc3ccccc3)CC(O)C2)CC1. The number of aliphatic hydroxyl groups excluding tert-OH is 1. The molecule has 6 heteroatoms. The molecule has 1 unspecified atom stereocenters. The van der Waals surface area contributed by atoms with Crippen LogP contribution in [0, 0.1) is 5.92 Å². The van der Waals surface area contributed by atoms with Gasteiger partial charge < -0.3 is 19.8 Å². The van der Waals surface area contributed by atoms with Gasteiger partial charge in [0, 0.05) is 26.1 Å². The average molecular weight is 373 g/mol. The van der Waals surface area contributed by atoms with Crippen LogP contribution in [-0.4, -0.2) is 77.0 Å². The number of aliphatic hydroxyl groups is 1. The molecule has 2 fully saturated rings. The lowest BCUT2D eigenvalue weighted by molar-refractivity contribution is -0.139. The molecule has 3 rings (SSSR count). The summed E-state index contributed by atoms with van der Waals surface area (Å²) < 4.78 is 0. The smallest absolute Gasteiger partial charge is 0.242 e. The number of β-amino-alcohol motifs (C(OH)–C–C–N with tert-alkyl or cyclic N) is 1. The molecule has 1 aromatic rings. The first-order chi connectivity index (χ1) is 13.0. The summed E-state index contributed by atoms with van der Waals surface area (Å²) in [4.78, 5) is 31.0. The maximum absolute atomic E-state index is 12.8. The molecule has 2 aliphatic heterocycles. The van der Waals surface area contributed by atoms with Crippen LogP contribution in [0.15, 0.2) is 30.3 Å². The van der Waals surface area contributed by atoms with E-state index in [1.165, 1.54) is 0 Å². The van der Waals surface area contributed by atoms with Gasteiger partial charge in [0.15, 0.2) is 0 Å². The van der Waals surface area contributed by atoms with E-state index in [9.17, 15) is 14.7 Å². The van der Waals surface area contributed by atoms with Crippen LogP contribution in [0.5, 0.6) is 0 Å². The summed E-state index contributed by atoms with van der Waals surface area (Å²) in [6.45, 7) is 6.35. The highest BCUT2D eigenvalue weighted by atomic mass is 16.3. The Morgan fingerprint density at radius 3 is 2.52 bits per heavy atom. The summed E-state index contributed by atoms with van der Waals surface area (Å²) in [7, 11) is 0. The van der Waals surface area contributed by atoms with E-state index in [4.69, 9.17) is 0 Å². The highest BCUT2D eigenvalue weighted by Crippen LogP contribution is 2.22. The number of rotatable bonds is 5. The fourth-order valence-corrected chi connectivity index (χ4v) is 4.03. The van der Waals surface area contributed by atoms with Crippen molar-refractivity contribution in [3.8, 4) is 0 Å². The van der Waals surface area contributed by atoms with Crippen molar-refractivity contribution in [2.75, 3.05) is 39.3 Å². The maximum atomic E-state index is 12.8. The monoisotopic (exact) mass is 373 g/mol. The third-order valence-corrected chi connectivity index (χ3v) is 5.73. The Labute approximate surface area is 161 Å². The number of hydrogen-bond acceptors (Lipinski definition) is 4. The Morgan fingerprint density at radius 1 is 1.15 bits per heavy atom. The summed E-state index contributed by atoms with van der Waals surface area (Å²) >= 11 is 0. The van der Waals surface area contributed by atoms with Crippen molar-refractivity contribution in [2.24, 2.45) is 5.92 Å². The van der Waals surface area contributed by atoms with Gasteiger partial charge in [0.2, 0.25) is 11.8 Å². The number of carbonyl (C=O) groups is 2. The van der Waals surface area contributed by atoms with E-state index >= 15 is 0 Å². The molecule has 2 aliphatic rings. The highest BCUT2D eigenvalue weighted by molar-refractivity contribution is 5.85. The van der Waals surface area contributed by atoms with Crippen LogP contribution in [0.1, 0.15) is 31.7 Å². The molecule has 1 atom stereocenters. The number of carbonyl (C=O) groups excluding carboxylic acids is 2. The van der Waals surface area contributed by atoms with Gasteiger partial charge in [-0.1, -0.05) is 37.3 Å². The third kappa shape index (κ3) is 5.53. The minimum Gasteiger partial charge on any atom is -0.389 e. The Morgan fingerprint density at radius 2 is 1.85 bits per heavy atom. The number of amides is 2. The van der Waals surface area contributed by atoms with E-state index in [1.807, 2.05) is 30.3 Å². The maximum Gasteiger partial charge on any atom is 0.242 e. The van der Waals surface area contributed by atoms with Crippen molar-refractivity contribution in [3.05, 3.63) is 35.9 Å².